The molecule has 1 aliphatic rings. The first-order chi connectivity index (χ1) is 13.6. The molecule has 10 nitrogen and oxygen atoms in total. The van der Waals surface area contributed by atoms with Crippen molar-refractivity contribution in [1.82, 2.24) is 19.9 Å². The van der Waals surface area contributed by atoms with E-state index >= 15 is 0 Å². The van der Waals surface area contributed by atoms with Crippen LogP contribution in [0, 0.1) is 0 Å². The van der Waals surface area contributed by atoms with Crippen LogP contribution >= 0.6 is 0 Å². The van der Waals surface area contributed by atoms with Crippen LogP contribution in [0.1, 0.15) is 21.0 Å². The number of aromatic nitrogens is 3. The number of anilines is 2. The molecule has 1 saturated heterocycles. The molecule has 0 radical (unpaired) electrons. The largest absolute Gasteiger partial charge is 0.459 e. The number of hydrogen-bond donors (Lipinski definition) is 2. The standard InChI is InChI=1S/C18H18N6O4/c19-16-15(18(26)23-7-10-27-11-8-23)21-22-24(16)13-5-3-12(4-6-13)20-17(25)14-2-1-9-28-14/h1-6,9H,7-8,10-11,19H2,(H,20,25). The van der Waals surface area contributed by atoms with Gasteiger partial charge in [-0.25, -0.2) is 0 Å². The molecule has 0 unspecified atom stereocenters. The Morgan fingerprint density at radius 3 is 2.54 bits per heavy atom. The van der Waals surface area contributed by atoms with E-state index < -0.39 is 0 Å². The Bertz CT molecular complexity index is 974. The van der Waals surface area contributed by atoms with Crippen LogP contribution in [-0.4, -0.2) is 58.0 Å². The average molecular weight is 382 g/mol. The van der Waals surface area contributed by atoms with Crippen molar-refractivity contribution in [3.8, 4) is 5.69 Å². The van der Waals surface area contributed by atoms with Crippen LogP contribution in [0.15, 0.2) is 47.1 Å². The Kier molecular flexibility index (Phi) is 4.77. The molecule has 0 saturated carbocycles. The monoisotopic (exact) mass is 382 g/mol. The summed E-state index contributed by atoms with van der Waals surface area (Å²) in [6.07, 6.45) is 1.43. The van der Waals surface area contributed by atoms with Crippen LogP contribution in [0.5, 0.6) is 0 Å². The van der Waals surface area contributed by atoms with Gasteiger partial charge in [0.05, 0.1) is 25.2 Å². The number of nitrogens with one attached hydrogen (secondary N) is 1. The molecule has 0 aliphatic carbocycles. The van der Waals surface area contributed by atoms with Crippen molar-refractivity contribution in [2.45, 2.75) is 0 Å². The van der Waals surface area contributed by atoms with Gasteiger partial charge in [0.25, 0.3) is 11.8 Å². The molecular weight excluding hydrogens is 364 g/mol. The summed E-state index contributed by atoms with van der Waals surface area (Å²) in [4.78, 5) is 26.2. The third-order valence-corrected chi connectivity index (χ3v) is 4.32. The van der Waals surface area contributed by atoms with Gasteiger partial charge in [-0.3, -0.25) is 9.59 Å². The van der Waals surface area contributed by atoms with Crippen molar-refractivity contribution < 1.29 is 18.7 Å². The minimum absolute atomic E-state index is 0.108. The summed E-state index contributed by atoms with van der Waals surface area (Å²) in [5.41, 5.74) is 7.40. The van der Waals surface area contributed by atoms with Crippen LogP contribution in [0.2, 0.25) is 0 Å². The molecule has 1 aromatic carbocycles. The summed E-state index contributed by atoms with van der Waals surface area (Å²) in [7, 11) is 0. The number of amides is 2. The van der Waals surface area contributed by atoms with Gasteiger partial charge in [0.1, 0.15) is 0 Å². The van der Waals surface area contributed by atoms with Crippen molar-refractivity contribution in [3.05, 3.63) is 54.1 Å². The Balaban J connectivity index is 1.49. The van der Waals surface area contributed by atoms with Crippen molar-refractivity contribution in [2.24, 2.45) is 0 Å². The topological polar surface area (TPSA) is 129 Å². The summed E-state index contributed by atoms with van der Waals surface area (Å²) >= 11 is 0. The number of rotatable bonds is 4. The maximum atomic E-state index is 12.6. The van der Waals surface area contributed by atoms with E-state index in [1.807, 2.05) is 0 Å². The van der Waals surface area contributed by atoms with E-state index in [2.05, 4.69) is 15.6 Å². The van der Waals surface area contributed by atoms with E-state index in [0.29, 0.717) is 37.7 Å². The fraction of sp³-hybridized carbons (Fsp3) is 0.222. The summed E-state index contributed by atoms with van der Waals surface area (Å²) in [5.74, 6) is -0.245. The molecule has 10 heteroatoms. The van der Waals surface area contributed by atoms with Crippen LogP contribution < -0.4 is 11.1 Å². The second-order valence-electron chi connectivity index (χ2n) is 6.12. The number of benzene rings is 1. The number of morpholine rings is 1. The van der Waals surface area contributed by atoms with Crippen LogP contribution in [0.25, 0.3) is 5.69 Å². The van der Waals surface area contributed by atoms with Crippen LogP contribution in [0.3, 0.4) is 0 Å². The Hall–Kier alpha value is -3.66. The summed E-state index contributed by atoms with van der Waals surface area (Å²) in [5, 5.41) is 10.7. The second kappa shape index (κ2) is 7.53. The normalized spacial score (nSPS) is 14.1. The number of nitrogens with two attached hydrogens (primary N) is 1. The lowest BCUT2D eigenvalue weighted by Gasteiger charge is -2.26. The second-order valence-corrected chi connectivity index (χ2v) is 6.12. The van der Waals surface area contributed by atoms with Gasteiger partial charge in [-0.2, -0.15) is 4.68 Å². The highest BCUT2D eigenvalue weighted by Crippen LogP contribution is 2.19. The third kappa shape index (κ3) is 3.45. The van der Waals surface area contributed by atoms with Crippen molar-refractivity contribution in [1.29, 1.82) is 0 Å². The molecule has 1 aliphatic heterocycles. The van der Waals surface area contributed by atoms with E-state index in [4.69, 9.17) is 14.9 Å². The van der Waals surface area contributed by atoms with Gasteiger partial charge in [0, 0.05) is 18.8 Å². The maximum Gasteiger partial charge on any atom is 0.291 e. The minimum Gasteiger partial charge on any atom is -0.459 e. The SMILES string of the molecule is Nc1c(C(=O)N2CCOCC2)nnn1-c1ccc(NC(=O)c2ccco2)cc1. The first kappa shape index (κ1) is 17.7. The molecule has 3 N–H and O–H groups in total. The Labute approximate surface area is 159 Å². The number of furan rings is 1. The number of carbonyl (C=O) groups excluding carboxylic acids is 2. The molecule has 144 valence electrons. The third-order valence-electron chi connectivity index (χ3n) is 4.32. The van der Waals surface area contributed by atoms with Crippen LogP contribution in [-0.2, 0) is 4.74 Å². The number of nitrogens with zero attached hydrogens (tertiary/aromatic N) is 4. The van der Waals surface area contributed by atoms with E-state index in [0.717, 1.165) is 0 Å². The molecule has 2 amide bonds. The van der Waals surface area contributed by atoms with Crippen molar-refractivity contribution >= 4 is 23.3 Å². The Morgan fingerprint density at radius 1 is 1.11 bits per heavy atom. The first-order valence-corrected chi connectivity index (χ1v) is 8.67. The lowest BCUT2D eigenvalue weighted by Crippen LogP contribution is -2.41. The molecule has 3 aromatic rings. The number of carbonyl (C=O) groups is 2. The zero-order valence-electron chi connectivity index (χ0n) is 14.9. The fourth-order valence-electron chi connectivity index (χ4n) is 2.83. The molecule has 0 spiro atoms. The molecule has 2 aromatic heterocycles. The van der Waals surface area contributed by atoms with Gasteiger partial charge in [0.2, 0.25) is 0 Å². The average Bonchev–Trinajstić information content (AvgIpc) is 3.39. The highest BCUT2D eigenvalue weighted by atomic mass is 16.5. The summed E-state index contributed by atoms with van der Waals surface area (Å²) in [6.45, 7) is 1.97. The van der Waals surface area contributed by atoms with E-state index in [9.17, 15) is 9.59 Å². The predicted molar refractivity (Wildman–Crippen MR) is 99.2 cm³/mol. The van der Waals surface area contributed by atoms with Gasteiger partial charge in [0.15, 0.2) is 17.3 Å². The van der Waals surface area contributed by atoms with E-state index in [1.54, 1.807) is 41.3 Å². The highest BCUT2D eigenvalue weighted by Gasteiger charge is 2.25. The maximum absolute atomic E-state index is 12.6. The zero-order chi connectivity index (χ0) is 19.5. The lowest BCUT2D eigenvalue weighted by molar-refractivity contribution is 0.0299. The van der Waals surface area contributed by atoms with Gasteiger partial charge in [-0.1, -0.05) is 5.21 Å². The van der Waals surface area contributed by atoms with Crippen molar-refractivity contribution in [3.63, 3.8) is 0 Å². The fourth-order valence-corrected chi connectivity index (χ4v) is 2.83. The van der Waals surface area contributed by atoms with Crippen LogP contribution in [0.4, 0.5) is 11.5 Å². The molecule has 0 atom stereocenters. The smallest absolute Gasteiger partial charge is 0.291 e. The quantitative estimate of drug-likeness (QED) is 0.693. The van der Waals surface area contributed by atoms with E-state index in [1.165, 1.54) is 10.9 Å². The Morgan fingerprint density at radius 2 is 1.86 bits per heavy atom. The van der Waals surface area contributed by atoms with Gasteiger partial charge < -0.3 is 25.1 Å². The zero-order valence-corrected chi connectivity index (χ0v) is 14.9. The van der Waals surface area contributed by atoms with Gasteiger partial charge in [-0.15, -0.1) is 5.10 Å². The predicted octanol–water partition coefficient (Wildman–Crippen LogP) is 1.17. The molecule has 28 heavy (non-hydrogen) atoms. The number of ether oxygens (including phenoxy) is 1. The summed E-state index contributed by atoms with van der Waals surface area (Å²) < 4.78 is 11.7. The van der Waals surface area contributed by atoms with E-state index in [-0.39, 0.29) is 29.1 Å². The first-order valence-electron chi connectivity index (χ1n) is 8.67. The molecule has 0 bridgehead atoms. The summed E-state index contributed by atoms with van der Waals surface area (Å²) in [6, 6.07) is 10.0. The van der Waals surface area contributed by atoms with Crippen molar-refractivity contribution in [2.75, 3.05) is 37.4 Å². The lowest BCUT2D eigenvalue weighted by atomic mass is 10.2. The molecular formula is C18H18N6O4. The highest BCUT2D eigenvalue weighted by molar-refractivity contribution is 6.02. The molecule has 3 heterocycles. The minimum atomic E-state index is -0.351. The number of hydrogen-bond acceptors (Lipinski definition) is 7. The number of nitrogen functional groups attached to an aromatic ring is 1. The van der Waals surface area contributed by atoms with Gasteiger partial charge in [-0.05, 0) is 36.4 Å². The van der Waals surface area contributed by atoms with Gasteiger partial charge >= 0.3 is 0 Å². The molecule has 4 rings (SSSR count). The molecule has 1 fully saturated rings.